The number of nitrogens with zero attached hydrogens (tertiary/aromatic N) is 1. The summed E-state index contributed by atoms with van der Waals surface area (Å²) < 4.78 is 5.40. The lowest BCUT2D eigenvalue weighted by Crippen LogP contribution is -2.23. The number of nitrogens with one attached hydrogen (secondary N) is 1. The molecule has 0 saturated heterocycles. The molecule has 1 aromatic heterocycles. The Morgan fingerprint density at radius 1 is 1.25 bits per heavy atom. The fourth-order valence-corrected chi connectivity index (χ4v) is 2.89. The smallest absolute Gasteiger partial charge is 0.119 e. The third-order valence-corrected chi connectivity index (χ3v) is 3.97. The molecule has 0 fully saturated rings. The van der Waals surface area contributed by atoms with E-state index in [-0.39, 0.29) is 0 Å². The van der Waals surface area contributed by atoms with Crippen LogP contribution in [0.5, 0.6) is 0 Å². The standard InChI is InChI=1S/C16H22N2OS/c1-3-17-15(13-8-6-5-7-9-13)10-14-12-20-16(18-14)11-19-4-2/h5-9,12,15,17H,3-4,10-11H2,1-2H3. The van der Waals surface area contributed by atoms with Gasteiger partial charge in [-0.25, -0.2) is 4.98 Å². The zero-order chi connectivity index (χ0) is 14.2. The van der Waals surface area contributed by atoms with Gasteiger partial charge in [-0.1, -0.05) is 37.3 Å². The predicted molar refractivity (Wildman–Crippen MR) is 84.0 cm³/mol. The minimum Gasteiger partial charge on any atom is -0.375 e. The molecule has 0 aliphatic rings. The molecule has 0 amide bonds. The van der Waals surface area contributed by atoms with Crippen LogP contribution in [-0.4, -0.2) is 18.1 Å². The Labute approximate surface area is 125 Å². The van der Waals surface area contributed by atoms with Crippen LogP contribution in [-0.2, 0) is 17.8 Å². The van der Waals surface area contributed by atoms with Gasteiger partial charge in [0, 0.05) is 24.4 Å². The molecule has 108 valence electrons. The van der Waals surface area contributed by atoms with Gasteiger partial charge in [0.05, 0.1) is 12.3 Å². The number of rotatable bonds is 8. The first-order valence-corrected chi connectivity index (χ1v) is 8.00. The van der Waals surface area contributed by atoms with E-state index in [1.165, 1.54) is 5.56 Å². The van der Waals surface area contributed by atoms with Gasteiger partial charge in [0.2, 0.25) is 0 Å². The van der Waals surface area contributed by atoms with Crippen molar-refractivity contribution in [1.29, 1.82) is 0 Å². The molecular formula is C16H22N2OS. The Kier molecular flexibility index (Phi) is 6.18. The van der Waals surface area contributed by atoms with E-state index < -0.39 is 0 Å². The average Bonchev–Trinajstić information content (AvgIpc) is 2.93. The second kappa shape index (κ2) is 8.15. The summed E-state index contributed by atoms with van der Waals surface area (Å²) in [7, 11) is 0. The van der Waals surface area contributed by atoms with E-state index in [1.54, 1.807) is 11.3 Å². The van der Waals surface area contributed by atoms with Crippen molar-refractivity contribution in [1.82, 2.24) is 10.3 Å². The first-order valence-electron chi connectivity index (χ1n) is 7.12. The number of hydrogen-bond donors (Lipinski definition) is 1. The Hall–Kier alpha value is -1.23. The van der Waals surface area contributed by atoms with Crippen molar-refractivity contribution in [3.8, 4) is 0 Å². The maximum Gasteiger partial charge on any atom is 0.119 e. The molecule has 2 aromatic rings. The van der Waals surface area contributed by atoms with Crippen LogP contribution in [0.25, 0.3) is 0 Å². The fraction of sp³-hybridized carbons (Fsp3) is 0.438. The molecule has 3 nitrogen and oxygen atoms in total. The van der Waals surface area contributed by atoms with Crippen molar-refractivity contribution in [2.45, 2.75) is 32.9 Å². The second-order valence-corrected chi connectivity index (χ2v) is 5.54. The lowest BCUT2D eigenvalue weighted by molar-refractivity contribution is 0.133. The van der Waals surface area contributed by atoms with Crippen molar-refractivity contribution in [3.63, 3.8) is 0 Å². The van der Waals surface area contributed by atoms with E-state index in [1.807, 2.05) is 6.92 Å². The third-order valence-electron chi connectivity index (χ3n) is 3.09. The molecule has 1 atom stereocenters. The van der Waals surface area contributed by atoms with E-state index in [2.05, 4.69) is 52.9 Å². The maximum absolute atomic E-state index is 5.40. The molecule has 20 heavy (non-hydrogen) atoms. The Morgan fingerprint density at radius 2 is 2.05 bits per heavy atom. The van der Waals surface area contributed by atoms with Crippen molar-refractivity contribution in [2.75, 3.05) is 13.2 Å². The first-order chi connectivity index (χ1) is 9.83. The molecule has 1 heterocycles. The van der Waals surface area contributed by atoms with Crippen molar-refractivity contribution in [2.24, 2.45) is 0 Å². The van der Waals surface area contributed by atoms with Crippen molar-refractivity contribution < 1.29 is 4.74 Å². The average molecular weight is 290 g/mol. The lowest BCUT2D eigenvalue weighted by Gasteiger charge is -2.17. The first kappa shape index (κ1) is 15.2. The second-order valence-electron chi connectivity index (χ2n) is 4.59. The van der Waals surface area contributed by atoms with Crippen LogP contribution in [0, 0.1) is 0 Å². The molecule has 2 rings (SSSR count). The van der Waals surface area contributed by atoms with Crippen LogP contribution in [0.1, 0.15) is 36.2 Å². The quantitative estimate of drug-likeness (QED) is 0.807. The molecule has 0 aliphatic heterocycles. The third kappa shape index (κ3) is 4.40. The molecule has 0 radical (unpaired) electrons. The largest absolute Gasteiger partial charge is 0.375 e. The van der Waals surface area contributed by atoms with E-state index >= 15 is 0 Å². The Balaban J connectivity index is 2.02. The van der Waals surface area contributed by atoms with E-state index in [0.717, 1.165) is 30.3 Å². The summed E-state index contributed by atoms with van der Waals surface area (Å²) in [6.45, 7) is 6.45. The van der Waals surface area contributed by atoms with Gasteiger partial charge in [-0.3, -0.25) is 0 Å². The Morgan fingerprint density at radius 3 is 2.75 bits per heavy atom. The van der Waals surface area contributed by atoms with Crippen molar-refractivity contribution in [3.05, 3.63) is 52.0 Å². The maximum atomic E-state index is 5.40. The number of hydrogen-bond acceptors (Lipinski definition) is 4. The van der Waals surface area contributed by atoms with Gasteiger partial charge in [0.15, 0.2) is 0 Å². The van der Waals surface area contributed by atoms with Crippen LogP contribution in [0.2, 0.25) is 0 Å². The monoisotopic (exact) mass is 290 g/mol. The highest BCUT2D eigenvalue weighted by Gasteiger charge is 2.13. The van der Waals surface area contributed by atoms with Crippen LogP contribution >= 0.6 is 11.3 Å². The highest BCUT2D eigenvalue weighted by Crippen LogP contribution is 2.20. The SMILES string of the molecule is CCNC(Cc1csc(COCC)n1)c1ccccc1. The number of thiazole rings is 1. The van der Waals surface area contributed by atoms with E-state index in [4.69, 9.17) is 4.74 Å². The van der Waals surface area contributed by atoms with Crippen LogP contribution in [0.15, 0.2) is 35.7 Å². The molecular weight excluding hydrogens is 268 g/mol. The van der Waals surface area contributed by atoms with E-state index in [0.29, 0.717) is 12.6 Å². The molecule has 0 aliphatic carbocycles. The summed E-state index contributed by atoms with van der Waals surface area (Å²) in [5.41, 5.74) is 2.45. The lowest BCUT2D eigenvalue weighted by atomic mass is 10.0. The number of aromatic nitrogens is 1. The topological polar surface area (TPSA) is 34.1 Å². The fourth-order valence-electron chi connectivity index (χ4n) is 2.15. The van der Waals surface area contributed by atoms with Gasteiger partial charge in [-0.2, -0.15) is 0 Å². The minimum absolute atomic E-state index is 0.322. The van der Waals surface area contributed by atoms with Crippen LogP contribution in [0.3, 0.4) is 0 Å². The summed E-state index contributed by atoms with van der Waals surface area (Å²) in [5.74, 6) is 0. The number of benzene rings is 1. The summed E-state index contributed by atoms with van der Waals surface area (Å²) in [4.78, 5) is 4.65. The molecule has 0 bridgehead atoms. The number of likely N-dealkylation sites (N-methyl/N-ethyl adjacent to an activating group) is 1. The van der Waals surface area contributed by atoms with Gasteiger partial charge in [0.1, 0.15) is 5.01 Å². The molecule has 0 spiro atoms. The van der Waals surface area contributed by atoms with Gasteiger partial charge < -0.3 is 10.1 Å². The molecule has 1 N–H and O–H groups in total. The van der Waals surface area contributed by atoms with Gasteiger partial charge in [-0.15, -0.1) is 11.3 Å². The van der Waals surface area contributed by atoms with Crippen molar-refractivity contribution >= 4 is 11.3 Å². The van der Waals surface area contributed by atoms with Crippen LogP contribution < -0.4 is 5.32 Å². The minimum atomic E-state index is 0.322. The van der Waals surface area contributed by atoms with Crippen LogP contribution in [0.4, 0.5) is 0 Å². The zero-order valence-electron chi connectivity index (χ0n) is 12.1. The summed E-state index contributed by atoms with van der Waals surface area (Å²) >= 11 is 1.68. The molecule has 1 unspecified atom stereocenters. The number of ether oxygens (including phenoxy) is 1. The van der Waals surface area contributed by atoms with Gasteiger partial charge in [-0.05, 0) is 19.0 Å². The molecule has 0 saturated carbocycles. The van der Waals surface area contributed by atoms with E-state index in [9.17, 15) is 0 Å². The van der Waals surface area contributed by atoms with Gasteiger partial charge in [0.25, 0.3) is 0 Å². The Bertz CT molecular complexity index is 498. The summed E-state index contributed by atoms with van der Waals surface area (Å²) in [6, 6.07) is 10.9. The highest BCUT2D eigenvalue weighted by molar-refractivity contribution is 7.09. The molecule has 4 heteroatoms. The summed E-state index contributed by atoms with van der Waals surface area (Å²) in [6.07, 6.45) is 0.917. The van der Waals surface area contributed by atoms with Gasteiger partial charge >= 0.3 is 0 Å². The summed E-state index contributed by atoms with van der Waals surface area (Å²) in [5, 5.41) is 6.73. The normalized spacial score (nSPS) is 12.5. The highest BCUT2D eigenvalue weighted by atomic mass is 32.1. The predicted octanol–water partition coefficient (Wildman–Crippen LogP) is 3.57. The zero-order valence-corrected chi connectivity index (χ0v) is 13.0. The molecule has 1 aromatic carbocycles.